The minimum Gasteiger partial charge on any atom is -0.343 e. The third kappa shape index (κ3) is 3.58. The van der Waals surface area contributed by atoms with Gasteiger partial charge in [0, 0.05) is 21.5 Å². The molecular formula is C14H16N2OS2. The smallest absolute Gasteiger partial charge is 0.251 e. The van der Waals surface area contributed by atoms with E-state index in [1.807, 2.05) is 25.3 Å². The maximum Gasteiger partial charge on any atom is 0.251 e. The van der Waals surface area contributed by atoms with Gasteiger partial charge in [0.15, 0.2) is 0 Å². The van der Waals surface area contributed by atoms with Gasteiger partial charge in [0.05, 0.1) is 6.04 Å². The van der Waals surface area contributed by atoms with Gasteiger partial charge < -0.3 is 5.32 Å². The molecule has 1 amide bonds. The van der Waals surface area contributed by atoms with Crippen molar-refractivity contribution in [3.63, 3.8) is 0 Å². The van der Waals surface area contributed by atoms with Crippen LogP contribution in [0.2, 0.25) is 0 Å². The van der Waals surface area contributed by atoms with E-state index in [0.29, 0.717) is 5.56 Å². The molecule has 0 aliphatic heterocycles. The van der Waals surface area contributed by atoms with Crippen LogP contribution in [0, 0.1) is 0 Å². The van der Waals surface area contributed by atoms with Gasteiger partial charge in [0.1, 0.15) is 5.01 Å². The molecule has 0 spiro atoms. The molecule has 0 saturated heterocycles. The zero-order chi connectivity index (χ0) is 13.8. The van der Waals surface area contributed by atoms with Gasteiger partial charge in [0.2, 0.25) is 0 Å². The highest BCUT2D eigenvalue weighted by atomic mass is 32.1. The molecule has 1 heterocycles. The lowest BCUT2D eigenvalue weighted by Crippen LogP contribution is -2.26. The van der Waals surface area contributed by atoms with Crippen LogP contribution >= 0.6 is 24.0 Å². The van der Waals surface area contributed by atoms with Crippen LogP contribution < -0.4 is 5.32 Å². The summed E-state index contributed by atoms with van der Waals surface area (Å²) in [6.07, 6.45) is 2.84. The molecule has 1 unspecified atom stereocenters. The van der Waals surface area contributed by atoms with Gasteiger partial charge in [-0.1, -0.05) is 13.0 Å². The standard InChI is InChI=1S/C14H16N2OS2/c1-3-12-8-15-14(19-12)9(2)16-13(17)10-5-4-6-11(18)7-10/h4-9,18H,3H2,1-2H3,(H,16,17). The van der Waals surface area contributed by atoms with Crippen molar-refractivity contribution in [2.45, 2.75) is 31.2 Å². The Balaban J connectivity index is 2.06. The molecule has 1 aromatic heterocycles. The Bertz CT molecular complexity index is 580. The second-order valence-corrected chi connectivity index (χ2v) is 5.93. The fourth-order valence-corrected chi connectivity index (χ4v) is 2.76. The number of nitrogens with one attached hydrogen (secondary N) is 1. The molecule has 3 nitrogen and oxygen atoms in total. The number of nitrogens with zero attached hydrogens (tertiary/aromatic N) is 1. The Kier molecular flexibility index (Phi) is 4.61. The van der Waals surface area contributed by atoms with E-state index in [1.54, 1.807) is 23.5 Å². The number of aromatic nitrogens is 1. The Hall–Kier alpha value is -1.33. The number of thiazole rings is 1. The van der Waals surface area contributed by atoms with Crippen molar-refractivity contribution in [3.8, 4) is 0 Å². The van der Waals surface area contributed by atoms with Crippen molar-refractivity contribution in [1.29, 1.82) is 0 Å². The highest BCUT2D eigenvalue weighted by Gasteiger charge is 2.14. The summed E-state index contributed by atoms with van der Waals surface area (Å²) in [7, 11) is 0. The Morgan fingerprint density at radius 3 is 2.95 bits per heavy atom. The minimum atomic E-state index is -0.100. The molecule has 1 N–H and O–H groups in total. The second-order valence-electron chi connectivity index (χ2n) is 4.26. The van der Waals surface area contributed by atoms with Gasteiger partial charge in [-0.15, -0.1) is 24.0 Å². The van der Waals surface area contributed by atoms with Crippen molar-refractivity contribution in [2.24, 2.45) is 0 Å². The molecule has 0 radical (unpaired) electrons. The lowest BCUT2D eigenvalue weighted by atomic mass is 10.2. The van der Waals surface area contributed by atoms with Crippen LogP contribution in [0.5, 0.6) is 0 Å². The number of thiol groups is 1. The first-order chi connectivity index (χ1) is 9.10. The minimum absolute atomic E-state index is 0.0821. The van der Waals surface area contributed by atoms with Crippen LogP contribution in [-0.2, 0) is 6.42 Å². The predicted octanol–water partition coefficient (Wildman–Crippen LogP) is 3.49. The molecule has 19 heavy (non-hydrogen) atoms. The summed E-state index contributed by atoms with van der Waals surface area (Å²) < 4.78 is 0. The van der Waals surface area contributed by atoms with Crippen molar-refractivity contribution < 1.29 is 4.79 Å². The van der Waals surface area contributed by atoms with Gasteiger partial charge >= 0.3 is 0 Å². The lowest BCUT2D eigenvalue weighted by molar-refractivity contribution is 0.0939. The Morgan fingerprint density at radius 1 is 1.53 bits per heavy atom. The van der Waals surface area contributed by atoms with Gasteiger partial charge in [-0.05, 0) is 31.5 Å². The van der Waals surface area contributed by atoms with Crippen molar-refractivity contribution in [3.05, 3.63) is 45.9 Å². The molecule has 100 valence electrons. The van der Waals surface area contributed by atoms with E-state index < -0.39 is 0 Å². The van der Waals surface area contributed by atoms with Crippen LogP contribution in [0.3, 0.4) is 0 Å². The number of carbonyl (C=O) groups excluding carboxylic acids is 1. The number of rotatable bonds is 4. The van der Waals surface area contributed by atoms with Crippen molar-refractivity contribution >= 4 is 29.9 Å². The fraction of sp³-hybridized carbons (Fsp3) is 0.286. The van der Waals surface area contributed by atoms with Crippen LogP contribution in [0.4, 0.5) is 0 Å². The number of carbonyl (C=O) groups is 1. The van der Waals surface area contributed by atoms with Gasteiger partial charge in [-0.3, -0.25) is 4.79 Å². The van der Waals surface area contributed by atoms with Crippen LogP contribution in [-0.4, -0.2) is 10.9 Å². The summed E-state index contributed by atoms with van der Waals surface area (Å²) in [6, 6.07) is 7.12. The topological polar surface area (TPSA) is 42.0 Å². The van der Waals surface area contributed by atoms with Gasteiger partial charge in [-0.2, -0.15) is 0 Å². The summed E-state index contributed by atoms with van der Waals surface area (Å²) in [5.41, 5.74) is 0.617. The zero-order valence-electron chi connectivity index (χ0n) is 10.9. The van der Waals surface area contributed by atoms with E-state index in [9.17, 15) is 4.79 Å². The predicted molar refractivity (Wildman–Crippen MR) is 81.1 cm³/mol. The summed E-state index contributed by atoms with van der Waals surface area (Å²) in [4.78, 5) is 18.4. The molecule has 0 fully saturated rings. The number of amides is 1. The van der Waals surface area contributed by atoms with Crippen molar-refractivity contribution in [2.75, 3.05) is 0 Å². The first-order valence-electron chi connectivity index (χ1n) is 6.14. The average molecular weight is 292 g/mol. The highest BCUT2D eigenvalue weighted by molar-refractivity contribution is 7.80. The molecule has 1 aromatic carbocycles. The van der Waals surface area contributed by atoms with Gasteiger partial charge in [0.25, 0.3) is 5.91 Å². The van der Waals surface area contributed by atoms with E-state index in [1.165, 1.54) is 4.88 Å². The first-order valence-corrected chi connectivity index (χ1v) is 7.41. The molecule has 0 aliphatic rings. The summed E-state index contributed by atoms with van der Waals surface area (Å²) >= 11 is 5.88. The van der Waals surface area contributed by atoms with E-state index in [0.717, 1.165) is 16.3 Å². The summed E-state index contributed by atoms with van der Waals surface area (Å²) in [6.45, 7) is 4.04. The monoisotopic (exact) mass is 292 g/mol. The van der Waals surface area contributed by atoms with E-state index in [4.69, 9.17) is 0 Å². The van der Waals surface area contributed by atoms with Crippen LogP contribution in [0.1, 0.15) is 40.1 Å². The summed E-state index contributed by atoms with van der Waals surface area (Å²) in [5, 5.41) is 3.89. The average Bonchev–Trinajstić information content (AvgIpc) is 2.87. The maximum absolute atomic E-state index is 12.1. The number of hydrogen-bond donors (Lipinski definition) is 2. The Morgan fingerprint density at radius 2 is 2.32 bits per heavy atom. The SMILES string of the molecule is CCc1cnc(C(C)NC(=O)c2cccc(S)c2)s1. The molecule has 0 saturated carbocycles. The Labute approximate surface area is 122 Å². The molecule has 0 bridgehead atoms. The van der Waals surface area contributed by atoms with Gasteiger partial charge in [-0.25, -0.2) is 4.98 Å². The maximum atomic E-state index is 12.1. The quantitative estimate of drug-likeness (QED) is 0.847. The molecule has 1 atom stereocenters. The normalized spacial score (nSPS) is 12.2. The van der Waals surface area contributed by atoms with Crippen LogP contribution in [0.25, 0.3) is 0 Å². The van der Waals surface area contributed by atoms with E-state index in [-0.39, 0.29) is 11.9 Å². The molecule has 2 rings (SSSR count). The number of benzene rings is 1. The van der Waals surface area contributed by atoms with E-state index in [2.05, 4.69) is 29.9 Å². The molecule has 0 aliphatic carbocycles. The van der Waals surface area contributed by atoms with Crippen molar-refractivity contribution in [1.82, 2.24) is 10.3 Å². The number of aryl methyl sites for hydroxylation is 1. The third-order valence-corrected chi connectivity index (χ3v) is 4.35. The fourth-order valence-electron chi connectivity index (χ4n) is 1.68. The lowest BCUT2D eigenvalue weighted by Gasteiger charge is -2.11. The van der Waals surface area contributed by atoms with E-state index >= 15 is 0 Å². The largest absolute Gasteiger partial charge is 0.343 e. The first kappa shape index (κ1) is 14.1. The second kappa shape index (κ2) is 6.21. The zero-order valence-corrected chi connectivity index (χ0v) is 12.6. The molecule has 2 aromatic rings. The van der Waals surface area contributed by atoms with Crippen LogP contribution in [0.15, 0.2) is 35.4 Å². The number of hydrogen-bond acceptors (Lipinski definition) is 4. The molecule has 5 heteroatoms. The summed E-state index contributed by atoms with van der Waals surface area (Å²) in [5.74, 6) is -0.100. The molecular weight excluding hydrogens is 276 g/mol. The highest BCUT2D eigenvalue weighted by Crippen LogP contribution is 2.20. The third-order valence-electron chi connectivity index (χ3n) is 2.75.